The van der Waals surface area contributed by atoms with Crippen LogP contribution in [0.3, 0.4) is 0 Å². The summed E-state index contributed by atoms with van der Waals surface area (Å²) in [5, 5.41) is 7.76. The van der Waals surface area contributed by atoms with E-state index in [1.807, 2.05) is 31.2 Å². The van der Waals surface area contributed by atoms with Crippen LogP contribution in [-0.2, 0) is 21.3 Å². The van der Waals surface area contributed by atoms with E-state index in [1.54, 1.807) is 28.9 Å². The van der Waals surface area contributed by atoms with Crippen LogP contribution in [0.15, 0.2) is 48.5 Å². The summed E-state index contributed by atoms with van der Waals surface area (Å²) in [6.07, 6.45) is 0. The van der Waals surface area contributed by atoms with Crippen LogP contribution in [0.25, 0.3) is 5.69 Å². The van der Waals surface area contributed by atoms with Gasteiger partial charge in [0.1, 0.15) is 5.82 Å². The van der Waals surface area contributed by atoms with E-state index in [0.29, 0.717) is 27.7 Å². The van der Waals surface area contributed by atoms with Gasteiger partial charge < -0.3 is 5.32 Å². The van der Waals surface area contributed by atoms with E-state index >= 15 is 0 Å². The maximum absolute atomic E-state index is 12.7. The first-order valence-corrected chi connectivity index (χ1v) is 10.5. The maximum Gasteiger partial charge on any atom is 0.256 e. The van der Waals surface area contributed by atoms with Crippen LogP contribution in [0, 0.1) is 6.92 Å². The molecule has 0 radical (unpaired) electrons. The van der Waals surface area contributed by atoms with Crippen LogP contribution < -0.4 is 5.32 Å². The molecule has 0 spiro atoms. The number of para-hydroxylation sites is 1. The van der Waals surface area contributed by atoms with Crippen molar-refractivity contribution in [3.8, 4) is 5.69 Å². The molecule has 1 N–H and O–H groups in total. The number of fused-ring (bicyclic) bond motifs is 1. The first-order chi connectivity index (χ1) is 12.8. The second-order valence-corrected chi connectivity index (χ2v) is 8.97. The fourth-order valence-corrected chi connectivity index (χ4v) is 4.84. The Hall–Kier alpha value is -2.64. The second-order valence-electron chi connectivity index (χ2n) is 6.47. The zero-order valence-electron chi connectivity index (χ0n) is 14.4. The average molecular weight is 402 g/mol. The Balaban J connectivity index is 1.81. The molecule has 1 aliphatic rings. The van der Waals surface area contributed by atoms with E-state index in [4.69, 9.17) is 11.6 Å². The number of rotatable bonds is 3. The number of aromatic nitrogens is 2. The molecule has 4 rings (SSSR count). The third-order valence-electron chi connectivity index (χ3n) is 4.45. The summed E-state index contributed by atoms with van der Waals surface area (Å²) in [5.74, 6) is -0.259. The Morgan fingerprint density at radius 2 is 1.93 bits per heavy atom. The number of carbonyl (C=O) groups excluding carboxylic acids is 1. The molecule has 6 nitrogen and oxygen atoms in total. The highest BCUT2D eigenvalue weighted by Crippen LogP contribution is 2.33. The molecule has 27 heavy (non-hydrogen) atoms. The summed E-state index contributed by atoms with van der Waals surface area (Å²) in [4.78, 5) is 12.7. The number of sulfone groups is 1. The zero-order chi connectivity index (χ0) is 19.2. The number of nitrogens with zero attached hydrogens (tertiary/aromatic N) is 2. The van der Waals surface area contributed by atoms with Gasteiger partial charge in [-0.2, -0.15) is 5.10 Å². The molecular weight excluding hydrogens is 386 g/mol. The number of anilines is 1. The fourth-order valence-electron chi connectivity index (χ4n) is 3.16. The highest BCUT2D eigenvalue weighted by Gasteiger charge is 2.33. The minimum absolute atomic E-state index is 0.124. The van der Waals surface area contributed by atoms with Crippen molar-refractivity contribution in [3.05, 3.63) is 75.9 Å². The summed E-state index contributed by atoms with van der Waals surface area (Å²) < 4.78 is 25.7. The van der Waals surface area contributed by atoms with Crippen molar-refractivity contribution < 1.29 is 13.2 Å². The average Bonchev–Trinajstić information content (AvgIpc) is 3.08. The first kappa shape index (κ1) is 17.8. The van der Waals surface area contributed by atoms with Crippen molar-refractivity contribution in [1.29, 1.82) is 0 Å². The van der Waals surface area contributed by atoms with Gasteiger partial charge in [0.05, 0.1) is 22.9 Å². The number of benzene rings is 2. The molecule has 0 bridgehead atoms. The molecule has 1 aromatic heterocycles. The number of aryl methyl sites for hydroxylation is 1. The number of hydrogen-bond donors (Lipinski definition) is 1. The molecule has 0 aliphatic carbocycles. The summed E-state index contributed by atoms with van der Waals surface area (Å²) >= 11 is 5.97. The van der Waals surface area contributed by atoms with Gasteiger partial charge in [-0.1, -0.05) is 35.9 Å². The Kier molecular flexibility index (Phi) is 4.28. The highest BCUT2D eigenvalue weighted by atomic mass is 35.5. The normalized spacial score (nSPS) is 14.7. The smallest absolute Gasteiger partial charge is 0.256 e. The van der Waals surface area contributed by atoms with E-state index in [2.05, 4.69) is 10.4 Å². The van der Waals surface area contributed by atoms with Crippen LogP contribution >= 0.6 is 11.6 Å². The summed E-state index contributed by atoms with van der Waals surface area (Å²) in [5.41, 5.74) is 3.13. The van der Waals surface area contributed by atoms with Gasteiger partial charge in [-0.25, -0.2) is 13.1 Å². The quantitative estimate of drug-likeness (QED) is 0.728. The topological polar surface area (TPSA) is 81.1 Å². The minimum Gasteiger partial charge on any atom is -0.306 e. The van der Waals surface area contributed by atoms with Gasteiger partial charge in [0.15, 0.2) is 9.84 Å². The van der Waals surface area contributed by atoms with E-state index in [-0.39, 0.29) is 17.4 Å². The molecule has 0 saturated heterocycles. The lowest BCUT2D eigenvalue weighted by molar-refractivity contribution is 0.102. The second kappa shape index (κ2) is 6.51. The Morgan fingerprint density at radius 1 is 1.15 bits per heavy atom. The lowest BCUT2D eigenvalue weighted by Gasteiger charge is -2.13. The van der Waals surface area contributed by atoms with Crippen LogP contribution in [0.5, 0.6) is 0 Å². The summed E-state index contributed by atoms with van der Waals surface area (Å²) in [6.45, 7) is 1.93. The lowest BCUT2D eigenvalue weighted by Crippen LogP contribution is -2.17. The van der Waals surface area contributed by atoms with Gasteiger partial charge in [-0.05, 0) is 36.8 Å². The van der Waals surface area contributed by atoms with Crippen LogP contribution in [0.1, 0.15) is 27.2 Å². The SMILES string of the molecule is Cc1ccccc1-n1nc2c(c1NC(=O)c1cccc(Cl)c1)CS(=O)(=O)C2. The predicted molar refractivity (Wildman–Crippen MR) is 104 cm³/mol. The molecule has 2 aromatic carbocycles. The van der Waals surface area contributed by atoms with E-state index in [9.17, 15) is 13.2 Å². The fraction of sp³-hybridized carbons (Fsp3) is 0.158. The van der Waals surface area contributed by atoms with Crippen molar-refractivity contribution in [2.24, 2.45) is 0 Å². The number of halogens is 1. The largest absolute Gasteiger partial charge is 0.306 e. The Bertz CT molecular complexity index is 1170. The number of hydrogen-bond acceptors (Lipinski definition) is 4. The minimum atomic E-state index is -3.25. The molecular formula is C19H16ClN3O3S. The standard InChI is InChI=1S/C19H16ClN3O3S/c1-12-5-2-3-8-17(12)23-18(15-10-27(25,26)11-16(15)22-23)21-19(24)13-6-4-7-14(20)9-13/h2-9H,10-11H2,1H3,(H,21,24). The molecule has 3 aromatic rings. The first-order valence-electron chi connectivity index (χ1n) is 8.28. The molecule has 1 aliphatic heterocycles. The third kappa shape index (κ3) is 3.36. The maximum atomic E-state index is 12.7. The zero-order valence-corrected chi connectivity index (χ0v) is 16.0. The predicted octanol–water partition coefficient (Wildman–Crippen LogP) is 3.51. The molecule has 0 unspecified atom stereocenters. The van der Waals surface area contributed by atoms with Crippen molar-refractivity contribution in [1.82, 2.24) is 9.78 Å². The van der Waals surface area contributed by atoms with Crippen LogP contribution in [0.4, 0.5) is 5.82 Å². The highest BCUT2D eigenvalue weighted by molar-refractivity contribution is 7.90. The Labute approximate surface area is 161 Å². The lowest BCUT2D eigenvalue weighted by atomic mass is 10.2. The van der Waals surface area contributed by atoms with Crippen molar-refractivity contribution in [3.63, 3.8) is 0 Å². The molecule has 0 atom stereocenters. The molecule has 0 saturated carbocycles. The van der Waals surface area contributed by atoms with Gasteiger partial charge in [0, 0.05) is 16.1 Å². The van der Waals surface area contributed by atoms with Gasteiger partial charge in [-0.3, -0.25) is 4.79 Å². The molecule has 138 valence electrons. The summed E-state index contributed by atoms with van der Waals surface area (Å²) in [7, 11) is -3.25. The van der Waals surface area contributed by atoms with Gasteiger partial charge in [-0.15, -0.1) is 0 Å². The van der Waals surface area contributed by atoms with E-state index < -0.39 is 9.84 Å². The van der Waals surface area contributed by atoms with Crippen molar-refractivity contribution in [2.75, 3.05) is 5.32 Å². The van der Waals surface area contributed by atoms with Crippen LogP contribution in [0.2, 0.25) is 5.02 Å². The summed E-state index contributed by atoms with van der Waals surface area (Å²) in [6, 6.07) is 14.2. The molecule has 8 heteroatoms. The van der Waals surface area contributed by atoms with Gasteiger partial charge >= 0.3 is 0 Å². The Morgan fingerprint density at radius 3 is 2.67 bits per heavy atom. The van der Waals surface area contributed by atoms with E-state index in [0.717, 1.165) is 11.3 Å². The van der Waals surface area contributed by atoms with Gasteiger partial charge in [0.25, 0.3) is 5.91 Å². The van der Waals surface area contributed by atoms with Gasteiger partial charge in [0.2, 0.25) is 0 Å². The molecule has 1 amide bonds. The number of amides is 1. The molecule has 2 heterocycles. The van der Waals surface area contributed by atoms with Crippen molar-refractivity contribution in [2.45, 2.75) is 18.4 Å². The third-order valence-corrected chi connectivity index (χ3v) is 6.13. The molecule has 0 fully saturated rings. The van der Waals surface area contributed by atoms with Crippen LogP contribution in [-0.4, -0.2) is 24.1 Å². The number of nitrogens with one attached hydrogen (secondary N) is 1. The number of carbonyl (C=O) groups is 1. The van der Waals surface area contributed by atoms with E-state index in [1.165, 1.54) is 0 Å². The van der Waals surface area contributed by atoms with Crippen molar-refractivity contribution >= 4 is 33.2 Å². The monoisotopic (exact) mass is 401 g/mol.